The van der Waals surface area contributed by atoms with E-state index in [9.17, 15) is 14.0 Å². The summed E-state index contributed by atoms with van der Waals surface area (Å²) in [6.07, 6.45) is 3.67. The molecule has 1 aliphatic carbocycles. The van der Waals surface area contributed by atoms with Gasteiger partial charge in [0.25, 0.3) is 0 Å². The highest BCUT2D eigenvalue weighted by Crippen LogP contribution is 2.32. The van der Waals surface area contributed by atoms with Gasteiger partial charge in [0.2, 0.25) is 11.8 Å². The summed E-state index contributed by atoms with van der Waals surface area (Å²) >= 11 is 0. The van der Waals surface area contributed by atoms with Gasteiger partial charge < -0.3 is 10.2 Å². The molecule has 4 rings (SSSR count). The van der Waals surface area contributed by atoms with E-state index in [-0.39, 0.29) is 29.3 Å². The van der Waals surface area contributed by atoms with Crippen LogP contribution in [0.2, 0.25) is 0 Å². The topological polar surface area (TPSA) is 49.4 Å². The second-order valence-electron chi connectivity index (χ2n) is 7.80. The number of nitrogens with one attached hydrogen (secondary N) is 1. The smallest absolute Gasteiger partial charge is 0.227 e. The minimum absolute atomic E-state index is 0.0113. The van der Waals surface area contributed by atoms with Gasteiger partial charge in [0.05, 0.1) is 5.69 Å². The highest BCUT2D eigenvalue weighted by atomic mass is 19.1. The third kappa shape index (κ3) is 3.93. The molecule has 1 heterocycles. The molecule has 4 nitrogen and oxygen atoms in total. The maximum Gasteiger partial charge on any atom is 0.227 e. The van der Waals surface area contributed by atoms with Crippen molar-refractivity contribution in [1.29, 1.82) is 0 Å². The number of nitrogens with zero attached hydrogens (tertiary/aromatic N) is 1. The highest BCUT2D eigenvalue weighted by Gasteiger charge is 2.33. The maximum atomic E-state index is 13.7. The van der Waals surface area contributed by atoms with Gasteiger partial charge in [-0.05, 0) is 55.4 Å². The van der Waals surface area contributed by atoms with E-state index in [1.807, 2.05) is 17.0 Å². The summed E-state index contributed by atoms with van der Waals surface area (Å²) in [7, 11) is 0. The maximum absolute atomic E-state index is 13.7. The van der Waals surface area contributed by atoms with Crippen LogP contribution in [0.15, 0.2) is 48.5 Å². The molecule has 146 valence electrons. The Bertz CT molecular complexity index is 874. The van der Waals surface area contributed by atoms with Crippen molar-refractivity contribution in [3.05, 3.63) is 65.5 Å². The van der Waals surface area contributed by atoms with Gasteiger partial charge in [-0.2, -0.15) is 0 Å². The van der Waals surface area contributed by atoms with Gasteiger partial charge in [0.15, 0.2) is 0 Å². The zero-order valence-electron chi connectivity index (χ0n) is 15.9. The number of amides is 2. The van der Waals surface area contributed by atoms with Crippen LogP contribution in [0.3, 0.4) is 0 Å². The molecule has 1 aliphatic heterocycles. The number of carbonyl (C=O) groups is 2. The monoisotopic (exact) mass is 380 g/mol. The van der Waals surface area contributed by atoms with Crippen molar-refractivity contribution < 1.29 is 14.0 Å². The number of benzene rings is 2. The fourth-order valence-electron chi connectivity index (χ4n) is 4.34. The molecule has 0 saturated heterocycles. The van der Waals surface area contributed by atoms with Gasteiger partial charge >= 0.3 is 0 Å². The molecule has 2 aromatic carbocycles. The minimum atomic E-state index is -0.426. The molecule has 0 spiro atoms. The first-order chi connectivity index (χ1) is 13.6. The van der Waals surface area contributed by atoms with Crippen molar-refractivity contribution in [3.8, 4) is 0 Å². The van der Waals surface area contributed by atoms with Crippen LogP contribution in [0.25, 0.3) is 0 Å². The van der Waals surface area contributed by atoms with Crippen molar-refractivity contribution in [2.75, 3.05) is 11.9 Å². The lowest BCUT2D eigenvalue weighted by atomic mass is 9.80. The Morgan fingerprint density at radius 1 is 0.893 bits per heavy atom. The molecule has 2 aromatic rings. The highest BCUT2D eigenvalue weighted by molar-refractivity contribution is 5.92. The van der Waals surface area contributed by atoms with Crippen LogP contribution in [0, 0.1) is 17.7 Å². The number of para-hydroxylation sites is 1. The van der Waals surface area contributed by atoms with Crippen molar-refractivity contribution in [2.45, 2.75) is 38.6 Å². The van der Waals surface area contributed by atoms with E-state index in [1.165, 1.54) is 17.2 Å². The normalized spacial score (nSPS) is 21.7. The van der Waals surface area contributed by atoms with Crippen LogP contribution in [-0.2, 0) is 22.6 Å². The van der Waals surface area contributed by atoms with Crippen LogP contribution in [0.4, 0.5) is 10.1 Å². The van der Waals surface area contributed by atoms with Crippen molar-refractivity contribution in [1.82, 2.24) is 4.90 Å². The molecule has 1 fully saturated rings. The summed E-state index contributed by atoms with van der Waals surface area (Å²) in [6, 6.07) is 14.5. The van der Waals surface area contributed by atoms with E-state index in [4.69, 9.17) is 0 Å². The SMILES string of the molecule is O=C(Nc1ccccc1F)C1CCC(C(=O)N2CCc3ccccc3C2)CC1. The molecule has 0 bridgehead atoms. The minimum Gasteiger partial charge on any atom is -0.338 e. The Morgan fingerprint density at radius 2 is 1.54 bits per heavy atom. The van der Waals surface area contributed by atoms with Crippen LogP contribution < -0.4 is 5.32 Å². The van der Waals surface area contributed by atoms with Crippen LogP contribution in [-0.4, -0.2) is 23.3 Å². The summed E-state index contributed by atoms with van der Waals surface area (Å²) in [5.74, 6) is -0.538. The predicted molar refractivity (Wildman–Crippen MR) is 106 cm³/mol. The lowest BCUT2D eigenvalue weighted by molar-refractivity contribution is -0.138. The zero-order chi connectivity index (χ0) is 19.5. The van der Waals surface area contributed by atoms with Gasteiger partial charge in [0, 0.05) is 24.9 Å². The summed E-state index contributed by atoms with van der Waals surface area (Å²) in [6.45, 7) is 1.45. The number of rotatable bonds is 3. The van der Waals surface area contributed by atoms with E-state index < -0.39 is 5.82 Å². The summed E-state index contributed by atoms with van der Waals surface area (Å²) in [5.41, 5.74) is 2.79. The molecule has 0 unspecified atom stereocenters. The Morgan fingerprint density at radius 3 is 2.29 bits per heavy atom. The molecule has 2 aliphatic rings. The van der Waals surface area contributed by atoms with Gasteiger partial charge in [-0.25, -0.2) is 4.39 Å². The standard InChI is InChI=1S/C23H25FN2O2/c24-20-7-3-4-8-21(20)25-22(27)17-9-11-18(12-10-17)23(28)26-14-13-16-5-1-2-6-19(16)15-26/h1-8,17-18H,9-15H2,(H,25,27). The molecule has 1 saturated carbocycles. The average molecular weight is 380 g/mol. The largest absolute Gasteiger partial charge is 0.338 e. The number of halogens is 1. The Hall–Kier alpha value is -2.69. The molecule has 5 heteroatoms. The van der Waals surface area contributed by atoms with E-state index in [2.05, 4.69) is 17.4 Å². The first kappa shape index (κ1) is 18.7. The van der Waals surface area contributed by atoms with E-state index >= 15 is 0 Å². The molecular weight excluding hydrogens is 355 g/mol. The molecule has 28 heavy (non-hydrogen) atoms. The predicted octanol–water partition coefficient (Wildman–Crippen LogP) is 4.16. The van der Waals surface area contributed by atoms with Gasteiger partial charge in [-0.3, -0.25) is 9.59 Å². The molecular formula is C23H25FN2O2. The van der Waals surface area contributed by atoms with E-state index in [0.717, 1.165) is 13.0 Å². The van der Waals surface area contributed by atoms with Crippen molar-refractivity contribution in [2.24, 2.45) is 11.8 Å². The number of anilines is 1. The molecule has 0 atom stereocenters. The number of fused-ring (bicyclic) bond motifs is 1. The first-order valence-corrected chi connectivity index (χ1v) is 10.0. The number of carbonyl (C=O) groups excluding carboxylic acids is 2. The lowest BCUT2D eigenvalue weighted by Crippen LogP contribution is -2.41. The summed E-state index contributed by atoms with van der Waals surface area (Å²) in [4.78, 5) is 27.4. The fraction of sp³-hybridized carbons (Fsp3) is 0.391. The first-order valence-electron chi connectivity index (χ1n) is 10.0. The quantitative estimate of drug-likeness (QED) is 0.869. The van der Waals surface area contributed by atoms with Crippen molar-refractivity contribution in [3.63, 3.8) is 0 Å². The Balaban J connectivity index is 1.31. The molecule has 1 N–H and O–H groups in total. The van der Waals surface area contributed by atoms with Crippen LogP contribution in [0.1, 0.15) is 36.8 Å². The van der Waals surface area contributed by atoms with Gasteiger partial charge in [-0.15, -0.1) is 0 Å². The molecule has 2 amide bonds. The van der Waals surface area contributed by atoms with E-state index in [1.54, 1.807) is 18.2 Å². The third-order valence-corrected chi connectivity index (χ3v) is 6.02. The van der Waals surface area contributed by atoms with Crippen molar-refractivity contribution >= 4 is 17.5 Å². The van der Waals surface area contributed by atoms with E-state index in [0.29, 0.717) is 32.2 Å². The zero-order valence-corrected chi connectivity index (χ0v) is 15.9. The second kappa shape index (κ2) is 8.13. The second-order valence-corrected chi connectivity index (χ2v) is 7.80. The number of hydrogen-bond acceptors (Lipinski definition) is 2. The molecule has 0 radical (unpaired) electrons. The Labute approximate surface area is 164 Å². The average Bonchev–Trinajstić information content (AvgIpc) is 2.74. The third-order valence-electron chi connectivity index (χ3n) is 6.02. The van der Waals surface area contributed by atoms with Gasteiger partial charge in [-0.1, -0.05) is 36.4 Å². The molecule has 0 aromatic heterocycles. The summed E-state index contributed by atoms with van der Waals surface area (Å²) in [5, 5.41) is 2.69. The Kier molecular flexibility index (Phi) is 5.42. The lowest BCUT2D eigenvalue weighted by Gasteiger charge is -2.34. The summed E-state index contributed by atoms with van der Waals surface area (Å²) < 4.78 is 13.7. The fourth-order valence-corrected chi connectivity index (χ4v) is 4.34. The van der Waals surface area contributed by atoms with Crippen LogP contribution in [0.5, 0.6) is 0 Å². The number of hydrogen-bond donors (Lipinski definition) is 1. The van der Waals surface area contributed by atoms with Gasteiger partial charge in [0.1, 0.15) is 5.82 Å². The van der Waals surface area contributed by atoms with Crippen LogP contribution >= 0.6 is 0 Å².